The molecule has 2 aromatic heterocycles. The first-order chi connectivity index (χ1) is 28.8. The number of hydrogen-bond acceptors (Lipinski definition) is 1. The first-order valence-corrected chi connectivity index (χ1v) is 19.9. The second kappa shape index (κ2) is 12.9. The highest BCUT2D eigenvalue weighted by Gasteiger charge is 2.23. The van der Waals surface area contributed by atoms with Gasteiger partial charge in [0.2, 0.25) is 0 Å². The number of fused-ring (bicyclic) bond motifs is 8. The Morgan fingerprint density at radius 3 is 1.47 bits per heavy atom. The van der Waals surface area contributed by atoms with Crippen LogP contribution in [0.15, 0.2) is 217 Å². The number of nitrogens with zero attached hydrogens (tertiary/aromatic N) is 1. The number of benzene rings is 10. The summed E-state index contributed by atoms with van der Waals surface area (Å²) in [5.74, 6) is 0. The summed E-state index contributed by atoms with van der Waals surface area (Å²) >= 11 is 0. The average molecular weight is 738 g/mol. The molecule has 0 atom stereocenters. The summed E-state index contributed by atoms with van der Waals surface area (Å²) in [4.78, 5) is 0. The standard InChI is InChI=1S/C56H35NO/c1-3-16-36(17-4-1)54-44-22-7-9-24-46(44)56(47-25-10-8-23-45(47)54)55-40(26-15-27-41(55)38-31-33-53-49(35-38)43-21-12-14-29-52(43)58-53)37-30-32-51-48(34-37)42-20-11-13-28-50(42)57(51)39-18-5-2-6-19-39/h1-35H. The Morgan fingerprint density at radius 2 is 0.776 bits per heavy atom. The molecule has 2 heterocycles. The van der Waals surface area contributed by atoms with E-state index in [9.17, 15) is 0 Å². The van der Waals surface area contributed by atoms with Crippen LogP contribution in [0.3, 0.4) is 0 Å². The van der Waals surface area contributed by atoms with E-state index in [4.69, 9.17) is 4.42 Å². The second-order valence-electron chi connectivity index (χ2n) is 15.2. The molecule has 0 N–H and O–H groups in total. The van der Waals surface area contributed by atoms with Crippen LogP contribution in [0.1, 0.15) is 0 Å². The van der Waals surface area contributed by atoms with Crippen LogP contribution >= 0.6 is 0 Å². The molecule has 10 aromatic carbocycles. The van der Waals surface area contributed by atoms with Gasteiger partial charge >= 0.3 is 0 Å². The molecular weight excluding hydrogens is 703 g/mol. The molecule has 0 aliphatic carbocycles. The lowest BCUT2D eigenvalue weighted by Crippen LogP contribution is -1.96. The molecule has 0 spiro atoms. The zero-order valence-electron chi connectivity index (χ0n) is 31.6. The Bertz CT molecular complexity index is 3500. The summed E-state index contributed by atoms with van der Waals surface area (Å²) in [5.41, 5.74) is 15.0. The molecule has 0 saturated heterocycles. The van der Waals surface area contributed by atoms with Crippen molar-refractivity contribution in [3.63, 3.8) is 0 Å². The van der Waals surface area contributed by atoms with Crippen molar-refractivity contribution in [2.24, 2.45) is 0 Å². The normalized spacial score (nSPS) is 11.8. The van der Waals surface area contributed by atoms with E-state index in [0.29, 0.717) is 0 Å². The SMILES string of the molecule is c1ccc(-c2c3ccccc3c(-c3c(-c4ccc5oc6ccccc6c5c4)cccc3-c3ccc4c(c3)c3ccccc3n4-c3ccccc3)c3ccccc23)cc1. The Morgan fingerprint density at radius 1 is 0.276 bits per heavy atom. The molecule has 0 bridgehead atoms. The molecule has 0 unspecified atom stereocenters. The highest BCUT2D eigenvalue weighted by atomic mass is 16.3. The molecule has 2 nitrogen and oxygen atoms in total. The summed E-state index contributed by atoms with van der Waals surface area (Å²) in [6.45, 7) is 0. The number of rotatable bonds is 5. The monoisotopic (exact) mass is 737 g/mol. The quantitative estimate of drug-likeness (QED) is 0.161. The minimum atomic E-state index is 0.894. The predicted molar refractivity (Wildman–Crippen MR) is 245 cm³/mol. The molecule has 58 heavy (non-hydrogen) atoms. The number of hydrogen-bond donors (Lipinski definition) is 0. The maximum atomic E-state index is 6.33. The molecule has 270 valence electrons. The summed E-state index contributed by atoms with van der Waals surface area (Å²) < 4.78 is 8.72. The Balaban J connectivity index is 1.21. The summed E-state index contributed by atoms with van der Waals surface area (Å²) in [6, 6.07) is 77.2. The fraction of sp³-hybridized carbons (Fsp3) is 0. The maximum absolute atomic E-state index is 6.33. The topological polar surface area (TPSA) is 18.1 Å². The average Bonchev–Trinajstić information content (AvgIpc) is 3.83. The number of furan rings is 1. The van der Waals surface area contributed by atoms with Gasteiger partial charge in [-0.15, -0.1) is 0 Å². The minimum Gasteiger partial charge on any atom is -0.456 e. The zero-order valence-corrected chi connectivity index (χ0v) is 31.6. The molecular formula is C56H35NO. The van der Waals surface area contributed by atoms with E-state index in [-0.39, 0.29) is 0 Å². The van der Waals surface area contributed by atoms with Gasteiger partial charge in [-0.05, 0) is 115 Å². The van der Waals surface area contributed by atoms with Gasteiger partial charge in [0.25, 0.3) is 0 Å². The minimum absolute atomic E-state index is 0.894. The van der Waals surface area contributed by atoms with Gasteiger partial charge in [-0.1, -0.05) is 164 Å². The molecule has 0 fully saturated rings. The predicted octanol–water partition coefficient (Wildman–Crippen LogP) is 15.7. The van der Waals surface area contributed by atoms with Crippen LogP contribution in [0.25, 0.3) is 115 Å². The number of para-hydroxylation sites is 3. The van der Waals surface area contributed by atoms with Crippen LogP contribution < -0.4 is 0 Å². The fourth-order valence-corrected chi connectivity index (χ4v) is 9.51. The smallest absolute Gasteiger partial charge is 0.135 e. The van der Waals surface area contributed by atoms with Gasteiger partial charge in [-0.3, -0.25) is 0 Å². The van der Waals surface area contributed by atoms with Crippen LogP contribution in [0.2, 0.25) is 0 Å². The van der Waals surface area contributed by atoms with E-state index in [1.165, 1.54) is 82.3 Å². The maximum Gasteiger partial charge on any atom is 0.135 e. The largest absolute Gasteiger partial charge is 0.456 e. The Kier molecular flexibility index (Phi) is 7.26. The highest BCUT2D eigenvalue weighted by Crippen LogP contribution is 2.50. The van der Waals surface area contributed by atoms with E-state index in [1.807, 2.05) is 6.07 Å². The molecule has 12 aromatic rings. The molecule has 12 rings (SSSR count). The van der Waals surface area contributed by atoms with Crippen molar-refractivity contribution in [1.82, 2.24) is 4.57 Å². The van der Waals surface area contributed by atoms with Gasteiger partial charge < -0.3 is 8.98 Å². The molecule has 0 saturated carbocycles. The van der Waals surface area contributed by atoms with Crippen LogP contribution in [-0.2, 0) is 0 Å². The first-order valence-electron chi connectivity index (χ1n) is 19.9. The first kappa shape index (κ1) is 32.6. The van der Waals surface area contributed by atoms with Gasteiger partial charge in [-0.2, -0.15) is 0 Å². The second-order valence-corrected chi connectivity index (χ2v) is 15.2. The Labute approximate surface area is 335 Å². The van der Waals surface area contributed by atoms with Gasteiger partial charge in [0.05, 0.1) is 11.0 Å². The lowest BCUT2D eigenvalue weighted by Gasteiger charge is -2.22. The Hall–Kier alpha value is -7.68. The zero-order chi connectivity index (χ0) is 38.2. The lowest BCUT2D eigenvalue weighted by atomic mass is 9.80. The summed E-state index contributed by atoms with van der Waals surface area (Å²) in [7, 11) is 0. The van der Waals surface area contributed by atoms with E-state index in [1.54, 1.807) is 0 Å². The van der Waals surface area contributed by atoms with Crippen molar-refractivity contribution in [1.29, 1.82) is 0 Å². The fourth-order valence-electron chi connectivity index (χ4n) is 9.51. The van der Waals surface area contributed by atoms with E-state index < -0.39 is 0 Å². The van der Waals surface area contributed by atoms with Crippen molar-refractivity contribution < 1.29 is 4.42 Å². The van der Waals surface area contributed by atoms with E-state index >= 15 is 0 Å². The van der Waals surface area contributed by atoms with Crippen LogP contribution in [0.4, 0.5) is 0 Å². The van der Waals surface area contributed by atoms with Crippen molar-refractivity contribution in [3.8, 4) is 50.2 Å². The number of aromatic nitrogens is 1. The van der Waals surface area contributed by atoms with Crippen LogP contribution in [-0.4, -0.2) is 4.57 Å². The van der Waals surface area contributed by atoms with Gasteiger partial charge in [0, 0.05) is 27.2 Å². The lowest BCUT2D eigenvalue weighted by molar-refractivity contribution is 0.669. The van der Waals surface area contributed by atoms with E-state index in [2.05, 4.69) is 211 Å². The van der Waals surface area contributed by atoms with Crippen LogP contribution in [0, 0.1) is 0 Å². The van der Waals surface area contributed by atoms with Gasteiger partial charge in [0.15, 0.2) is 0 Å². The van der Waals surface area contributed by atoms with E-state index in [0.717, 1.165) is 33.2 Å². The third-order valence-electron chi connectivity index (χ3n) is 12.0. The molecule has 0 aliphatic rings. The summed E-state index contributed by atoms with van der Waals surface area (Å²) in [5, 5.41) is 9.64. The van der Waals surface area contributed by atoms with Crippen LogP contribution in [0.5, 0.6) is 0 Å². The highest BCUT2D eigenvalue weighted by molar-refractivity contribution is 6.24. The van der Waals surface area contributed by atoms with Crippen molar-refractivity contribution in [2.75, 3.05) is 0 Å². The van der Waals surface area contributed by atoms with Gasteiger partial charge in [0.1, 0.15) is 11.2 Å². The molecule has 0 aliphatic heterocycles. The molecule has 2 heteroatoms. The summed E-state index contributed by atoms with van der Waals surface area (Å²) in [6.07, 6.45) is 0. The van der Waals surface area contributed by atoms with Crippen molar-refractivity contribution >= 4 is 65.3 Å². The van der Waals surface area contributed by atoms with Crippen molar-refractivity contribution in [2.45, 2.75) is 0 Å². The molecule has 0 amide bonds. The molecule has 0 radical (unpaired) electrons. The third-order valence-corrected chi connectivity index (χ3v) is 12.0. The van der Waals surface area contributed by atoms with Crippen molar-refractivity contribution in [3.05, 3.63) is 212 Å². The van der Waals surface area contributed by atoms with Gasteiger partial charge in [-0.25, -0.2) is 0 Å². The third kappa shape index (κ3) is 4.92.